The van der Waals surface area contributed by atoms with Crippen molar-refractivity contribution < 1.29 is 29.3 Å². The number of phenols is 1. The zero-order chi connectivity index (χ0) is 24.5. The molecule has 1 aromatic rings. The van der Waals surface area contributed by atoms with Crippen LogP contribution in [0.15, 0.2) is 24.3 Å². The minimum atomic E-state index is -1.33. The predicted molar refractivity (Wildman–Crippen MR) is 121 cm³/mol. The second kappa shape index (κ2) is 12.3. The Bertz CT molecular complexity index is 775. The number of benzene rings is 1. The highest BCUT2D eigenvalue weighted by atomic mass is 16.6. The molecule has 0 saturated carbocycles. The lowest BCUT2D eigenvalue weighted by Gasteiger charge is -2.37. The number of nitrogens with one attached hydrogen (secondary N) is 2. The molecule has 9 nitrogen and oxygen atoms in total. The maximum Gasteiger partial charge on any atom is 0.408 e. The predicted octanol–water partition coefficient (Wildman–Crippen LogP) is 2.47. The number of aliphatic hydroxyl groups is 1. The van der Waals surface area contributed by atoms with E-state index in [1.165, 1.54) is 11.0 Å². The molecule has 0 aliphatic carbocycles. The van der Waals surface area contributed by atoms with Gasteiger partial charge in [0.1, 0.15) is 23.4 Å². The van der Waals surface area contributed by atoms with Gasteiger partial charge in [-0.05, 0) is 47.1 Å². The molecular formula is C23H37N3O6. The summed E-state index contributed by atoms with van der Waals surface area (Å²) in [5.74, 6) is -1.27. The van der Waals surface area contributed by atoms with Crippen molar-refractivity contribution >= 4 is 17.9 Å². The number of carbonyl (C=O) groups excluding carboxylic acids is 3. The highest BCUT2D eigenvalue weighted by molar-refractivity contribution is 5.92. The van der Waals surface area contributed by atoms with Gasteiger partial charge in [-0.3, -0.25) is 9.59 Å². The maximum absolute atomic E-state index is 13.4. The normalized spacial score (nSPS) is 13.2. The molecule has 4 N–H and O–H groups in total. The van der Waals surface area contributed by atoms with Crippen molar-refractivity contribution in [3.8, 4) is 5.75 Å². The van der Waals surface area contributed by atoms with Gasteiger partial charge in [-0.2, -0.15) is 0 Å². The van der Waals surface area contributed by atoms with Gasteiger partial charge in [0.2, 0.25) is 11.8 Å². The topological polar surface area (TPSA) is 128 Å². The Balaban J connectivity index is 3.31. The zero-order valence-electron chi connectivity index (χ0n) is 19.8. The molecule has 0 heterocycles. The number of ether oxygens (including phenoxy) is 1. The summed E-state index contributed by atoms with van der Waals surface area (Å²) in [7, 11) is 0. The third kappa shape index (κ3) is 8.03. The van der Waals surface area contributed by atoms with Crippen LogP contribution in [-0.4, -0.2) is 63.9 Å². The number of alkyl carbamates (subject to hydrolysis) is 1. The molecule has 180 valence electrons. The van der Waals surface area contributed by atoms with Crippen LogP contribution in [0.2, 0.25) is 0 Å². The Morgan fingerprint density at radius 1 is 1.16 bits per heavy atom. The van der Waals surface area contributed by atoms with E-state index in [9.17, 15) is 24.6 Å². The number of aromatic hydroxyl groups is 1. The van der Waals surface area contributed by atoms with Gasteiger partial charge in [0.15, 0.2) is 0 Å². The fourth-order valence-electron chi connectivity index (χ4n) is 3.12. The molecule has 2 atom stereocenters. The van der Waals surface area contributed by atoms with Crippen LogP contribution < -0.4 is 10.6 Å². The smallest absolute Gasteiger partial charge is 0.408 e. The molecule has 1 rings (SSSR count). The molecule has 0 bridgehead atoms. The SMILES string of the molecule is CCCCNC(=O)C(c1ccccc1O)N(C(=O)C(CO)NC(=O)OC(C)(C)C)C(C)C. The molecule has 0 aliphatic heterocycles. The maximum atomic E-state index is 13.4. The van der Waals surface area contributed by atoms with Crippen LogP contribution in [0.4, 0.5) is 4.79 Å². The number of rotatable bonds is 10. The van der Waals surface area contributed by atoms with Crippen LogP contribution in [0, 0.1) is 0 Å². The molecule has 9 heteroatoms. The Morgan fingerprint density at radius 3 is 2.28 bits per heavy atom. The number of amides is 3. The molecule has 0 aliphatic rings. The van der Waals surface area contributed by atoms with Crippen molar-refractivity contribution in [2.45, 2.75) is 78.1 Å². The number of unbranched alkanes of at least 4 members (excludes halogenated alkanes) is 1. The molecule has 1 aromatic carbocycles. The molecule has 0 spiro atoms. The molecule has 0 radical (unpaired) electrons. The Morgan fingerprint density at radius 2 is 1.78 bits per heavy atom. The molecule has 0 fully saturated rings. The van der Waals surface area contributed by atoms with Crippen LogP contribution >= 0.6 is 0 Å². The quantitative estimate of drug-likeness (QED) is 0.405. The summed E-state index contributed by atoms with van der Waals surface area (Å²) in [6, 6.07) is 3.31. The summed E-state index contributed by atoms with van der Waals surface area (Å²) >= 11 is 0. The molecule has 2 unspecified atom stereocenters. The van der Waals surface area contributed by atoms with E-state index in [0.717, 1.165) is 12.8 Å². The Labute approximate surface area is 190 Å². The summed E-state index contributed by atoms with van der Waals surface area (Å²) < 4.78 is 5.19. The van der Waals surface area contributed by atoms with Gasteiger partial charge in [0.05, 0.1) is 6.61 Å². The minimum Gasteiger partial charge on any atom is -0.508 e. The van der Waals surface area contributed by atoms with Crippen LogP contribution in [0.25, 0.3) is 0 Å². The average molecular weight is 452 g/mol. The van der Waals surface area contributed by atoms with Gasteiger partial charge >= 0.3 is 6.09 Å². The van der Waals surface area contributed by atoms with E-state index >= 15 is 0 Å². The fraction of sp³-hybridized carbons (Fsp3) is 0.609. The van der Waals surface area contributed by atoms with Crippen molar-refractivity contribution in [2.75, 3.05) is 13.2 Å². The van der Waals surface area contributed by atoms with Crippen molar-refractivity contribution in [2.24, 2.45) is 0 Å². The zero-order valence-corrected chi connectivity index (χ0v) is 19.8. The highest BCUT2D eigenvalue weighted by Crippen LogP contribution is 2.31. The second-order valence-corrected chi connectivity index (χ2v) is 8.83. The van der Waals surface area contributed by atoms with E-state index in [1.807, 2.05) is 6.92 Å². The van der Waals surface area contributed by atoms with Gasteiger partial charge in [-0.25, -0.2) is 4.79 Å². The first-order valence-corrected chi connectivity index (χ1v) is 10.9. The summed E-state index contributed by atoms with van der Waals surface area (Å²) in [5, 5.41) is 25.4. The first-order valence-electron chi connectivity index (χ1n) is 10.9. The minimum absolute atomic E-state index is 0.137. The van der Waals surface area contributed by atoms with Gasteiger partial charge in [0.25, 0.3) is 0 Å². The van der Waals surface area contributed by atoms with Crippen LogP contribution in [-0.2, 0) is 14.3 Å². The molecule has 3 amide bonds. The van der Waals surface area contributed by atoms with E-state index in [2.05, 4.69) is 10.6 Å². The molecule has 0 saturated heterocycles. The number of hydrogen-bond acceptors (Lipinski definition) is 6. The number of hydrogen-bond donors (Lipinski definition) is 4. The second-order valence-electron chi connectivity index (χ2n) is 8.83. The lowest BCUT2D eigenvalue weighted by Crippen LogP contribution is -2.56. The van der Waals surface area contributed by atoms with E-state index in [1.54, 1.807) is 52.8 Å². The van der Waals surface area contributed by atoms with Gasteiger partial charge in [0, 0.05) is 18.2 Å². The van der Waals surface area contributed by atoms with Crippen molar-refractivity contribution in [1.82, 2.24) is 15.5 Å². The Hall–Kier alpha value is -2.81. The van der Waals surface area contributed by atoms with Gasteiger partial charge < -0.3 is 30.5 Å². The molecule has 0 aromatic heterocycles. The fourth-order valence-corrected chi connectivity index (χ4v) is 3.12. The van der Waals surface area contributed by atoms with Crippen molar-refractivity contribution in [3.05, 3.63) is 29.8 Å². The van der Waals surface area contributed by atoms with E-state index in [4.69, 9.17) is 4.74 Å². The summed E-state index contributed by atoms with van der Waals surface area (Å²) in [4.78, 5) is 40.0. The Kier molecular flexibility index (Phi) is 10.5. The van der Waals surface area contributed by atoms with E-state index in [0.29, 0.717) is 6.54 Å². The first-order chi connectivity index (χ1) is 14.9. The van der Waals surface area contributed by atoms with Crippen LogP contribution in [0.1, 0.15) is 66.0 Å². The monoisotopic (exact) mass is 451 g/mol. The molecular weight excluding hydrogens is 414 g/mol. The standard InChI is InChI=1S/C23H37N3O6/c1-7-8-13-24-20(29)19(16-11-9-10-12-18(16)28)26(15(2)3)21(30)17(14-27)25-22(31)32-23(4,5)6/h9-12,15,17,19,27-28H,7-8,13-14H2,1-6H3,(H,24,29)(H,25,31). The highest BCUT2D eigenvalue weighted by Gasteiger charge is 2.38. The van der Waals surface area contributed by atoms with Crippen molar-refractivity contribution in [1.29, 1.82) is 0 Å². The lowest BCUT2D eigenvalue weighted by molar-refractivity contribution is -0.145. The van der Waals surface area contributed by atoms with Gasteiger partial charge in [-0.15, -0.1) is 0 Å². The van der Waals surface area contributed by atoms with Crippen molar-refractivity contribution in [3.63, 3.8) is 0 Å². The number of nitrogens with zero attached hydrogens (tertiary/aromatic N) is 1. The van der Waals surface area contributed by atoms with E-state index < -0.39 is 48.2 Å². The summed E-state index contributed by atoms with van der Waals surface area (Å²) in [6.07, 6.45) is 0.773. The summed E-state index contributed by atoms with van der Waals surface area (Å²) in [5.41, 5.74) is -0.542. The van der Waals surface area contributed by atoms with Crippen LogP contribution in [0.5, 0.6) is 5.75 Å². The number of carbonyl (C=O) groups is 3. The van der Waals surface area contributed by atoms with Gasteiger partial charge in [-0.1, -0.05) is 31.5 Å². The first kappa shape index (κ1) is 27.2. The lowest BCUT2D eigenvalue weighted by atomic mass is 10.00. The number of phenolic OH excluding ortho intramolecular Hbond substituents is 1. The number of para-hydroxylation sites is 1. The number of aliphatic hydroxyl groups excluding tert-OH is 1. The average Bonchev–Trinajstić information content (AvgIpc) is 2.69. The third-order valence-corrected chi connectivity index (χ3v) is 4.57. The molecule has 32 heavy (non-hydrogen) atoms. The van der Waals surface area contributed by atoms with E-state index in [-0.39, 0.29) is 11.3 Å². The third-order valence-electron chi connectivity index (χ3n) is 4.57. The van der Waals surface area contributed by atoms with Crippen LogP contribution in [0.3, 0.4) is 0 Å². The summed E-state index contributed by atoms with van der Waals surface area (Å²) in [6.45, 7) is 10.2. The largest absolute Gasteiger partial charge is 0.508 e.